The highest BCUT2D eigenvalue weighted by Crippen LogP contribution is 2.65. The summed E-state index contributed by atoms with van der Waals surface area (Å²) in [5.74, 6) is -1.81. The third kappa shape index (κ3) is 5.63. The molecule has 5 rings (SSSR count). The van der Waals surface area contributed by atoms with Gasteiger partial charge in [-0.1, -0.05) is 42.8 Å². The molecule has 3 amide bonds. The number of rotatable bonds is 15. The third-order valence-corrected chi connectivity index (χ3v) is 10.1. The topological polar surface area (TPSA) is 99.6 Å². The van der Waals surface area contributed by atoms with Crippen LogP contribution in [0.2, 0.25) is 5.02 Å². The number of fused-ring (bicyclic) bond motifs is 1. The van der Waals surface area contributed by atoms with Crippen LogP contribution in [0.5, 0.6) is 5.75 Å². The molecule has 2 bridgehead atoms. The van der Waals surface area contributed by atoms with Crippen molar-refractivity contribution < 1.29 is 29.0 Å². The predicted molar refractivity (Wildman–Crippen MR) is 179 cm³/mol. The van der Waals surface area contributed by atoms with Crippen LogP contribution in [0, 0.1) is 11.8 Å². The number of likely N-dealkylation sites (tertiary alicyclic amines) is 1. The van der Waals surface area contributed by atoms with Crippen LogP contribution in [0.3, 0.4) is 0 Å². The Morgan fingerprint density at radius 3 is 2.37 bits per heavy atom. The first-order chi connectivity index (χ1) is 22.2. The van der Waals surface area contributed by atoms with E-state index < -0.39 is 29.1 Å². The fourth-order valence-electron chi connectivity index (χ4n) is 7.77. The zero-order valence-corrected chi connectivity index (χ0v) is 27.5. The number of carbonyl (C=O) groups excluding carboxylic acids is 3. The average molecular weight is 650 g/mol. The van der Waals surface area contributed by atoms with Gasteiger partial charge in [0.25, 0.3) is 5.91 Å². The summed E-state index contributed by atoms with van der Waals surface area (Å²) in [5, 5.41) is 9.93. The van der Waals surface area contributed by atoms with Gasteiger partial charge in [-0.05, 0) is 75.4 Å². The SMILES string of the molecule is C=CCN(C(=O)[C@H]1[C@H]2C(=O)N(CCCCO)C(C(=O)N(CC=C)c3ccccc3Cl)C23CC[C@]1(CC)O3)c1ccc(OCC)cc1. The molecule has 3 saturated heterocycles. The molecule has 46 heavy (non-hydrogen) atoms. The standard InChI is InChI=1S/C36H44ClN3O6/c1-5-21-38(25-15-17-26(18-16-25)45-8-4)32(42)29-30-33(43)40(23-11-12-24-41)31(36(30)20-19-35(29,7-3)46-36)34(44)39(22-6-2)28-14-10-9-13-27(28)37/h5-6,9-10,13-18,29-31,41H,1-2,7-8,11-12,19-24H2,3-4H3/t29-,30+,31?,35+,36?/m1/s1. The molecule has 3 fully saturated rings. The molecule has 1 spiro atoms. The maximum atomic E-state index is 14.8. The fraction of sp³-hybridized carbons (Fsp3) is 0.472. The summed E-state index contributed by atoms with van der Waals surface area (Å²) in [7, 11) is 0. The Morgan fingerprint density at radius 2 is 1.74 bits per heavy atom. The van der Waals surface area contributed by atoms with E-state index >= 15 is 0 Å². The molecule has 2 aromatic rings. The minimum absolute atomic E-state index is 0.0351. The molecule has 0 aromatic heterocycles. The number of aliphatic hydroxyl groups is 1. The first-order valence-corrected chi connectivity index (χ1v) is 16.5. The highest BCUT2D eigenvalue weighted by molar-refractivity contribution is 6.34. The second-order valence-electron chi connectivity index (χ2n) is 12.1. The van der Waals surface area contributed by atoms with Crippen LogP contribution in [-0.2, 0) is 19.1 Å². The Bertz CT molecular complexity index is 1470. The second-order valence-corrected chi connectivity index (χ2v) is 12.6. The molecular formula is C36H44ClN3O6. The molecule has 0 radical (unpaired) electrons. The minimum atomic E-state index is -1.21. The molecule has 3 heterocycles. The first-order valence-electron chi connectivity index (χ1n) is 16.2. The lowest BCUT2D eigenvalue weighted by Gasteiger charge is -2.37. The highest BCUT2D eigenvalue weighted by atomic mass is 35.5. The quantitative estimate of drug-likeness (QED) is 0.205. The molecule has 9 nitrogen and oxygen atoms in total. The molecule has 3 aliphatic heterocycles. The number of halogens is 1. The van der Waals surface area contributed by atoms with Crippen LogP contribution in [0.25, 0.3) is 0 Å². The molecule has 246 valence electrons. The molecular weight excluding hydrogens is 606 g/mol. The Labute approximate surface area is 276 Å². The summed E-state index contributed by atoms with van der Waals surface area (Å²) in [4.78, 5) is 49.0. The summed E-state index contributed by atoms with van der Waals surface area (Å²) in [6, 6.07) is 13.4. The van der Waals surface area contributed by atoms with Crippen molar-refractivity contribution in [3.8, 4) is 5.75 Å². The van der Waals surface area contributed by atoms with Gasteiger partial charge >= 0.3 is 0 Å². The maximum Gasteiger partial charge on any atom is 0.253 e. The predicted octanol–water partition coefficient (Wildman–Crippen LogP) is 5.40. The van der Waals surface area contributed by atoms with Crippen molar-refractivity contribution >= 4 is 40.7 Å². The van der Waals surface area contributed by atoms with Gasteiger partial charge in [-0.25, -0.2) is 0 Å². The van der Waals surface area contributed by atoms with E-state index in [1.165, 1.54) is 0 Å². The van der Waals surface area contributed by atoms with E-state index in [2.05, 4.69) is 13.2 Å². The number of amides is 3. The van der Waals surface area contributed by atoms with Gasteiger partial charge in [-0.3, -0.25) is 14.4 Å². The monoisotopic (exact) mass is 649 g/mol. The van der Waals surface area contributed by atoms with E-state index in [4.69, 9.17) is 21.1 Å². The number of para-hydroxylation sites is 1. The zero-order valence-electron chi connectivity index (χ0n) is 26.7. The van der Waals surface area contributed by atoms with Crippen molar-refractivity contribution in [3.63, 3.8) is 0 Å². The van der Waals surface area contributed by atoms with Gasteiger partial charge in [-0.15, -0.1) is 13.2 Å². The fourth-order valence-corrected chi connectivity index (χ4v) is 8.01. The number of aliphatic hydroxyl groups excluding tert-OH is 1. The van der Waals surface area contributed by atoms with Crippen LogP contribution < -0.4 is 14.5 Å². The van der Waals surface area contributed by atoms with Crippen molar-refractivity contribution in [2.24, 2.45) is 11.8 Å². The summed E-state index contributed by atoms with van der Waals surface area (Å²) in [5.41, 5.74) is -0.950. The Kier molecular flexibility index (Phi) is 10.2. The lowest BCUT2D eigenvalue weighted by atomic mass is 9.64. The Balaban J connectivity index is 1.59. The van der Waals surface area contributed by atoms with E-state index in [0.29, 0.717) is 60.9 Å². The lowest BCUT2D eigenvalue weighted by Crippen LogP contribution is -2.56. The van der Waals surface area contributed by atoms with Crippen LogP contribution >= 0.6 is 11.6 Å². The number of hydrogen-bond acceptors (Lipinski definition) is 6. The second kappa shape index (κ2) is 14.0. The molecule has 5 atom stereocenters. The number of ether oxygens (including phenoxy) is 2. The van der Waals surface area contributed by atoms with Crippen LogP contribution in [0.1, 0.15) is 46.0 Å². The van der Waals surface area contributed by atoms with Crippen LogP contribution in [0.4, 0.5) is 11.4 Å². The third-order valence-electron chi connectivity index (χ3n) is 9.75. The molecule has 1 N–H and O–H groups in total. The van der Waals surface area contributed by atoms with E-state index in [1.54, 1.807) is 51.1 Å². The Morgan fingerprint density at radius 1 is 1.04 bits per heavy atom. The molecule has 2 unspecified atom stereocenters. The molecule has 0 saturated carbocycles. The smallest absolute Gasteiger partial charge is 0.253 e. The van der Waals surface area contributed by atoms with E-state index in [9.17, 15) is 19.5 Å². The highest BCUT2D eigenvalue weighted by Gasteiger charge is 2.79. The summed E-state index contributed by atoms with van der Waals surface area (Å²) < 4.78 is 12.6. The van der Waals surface area contributed by atoms with Gasteiger partial charge in [0.05, 0.1) is 34.8 Å². The van der Waals surface area contributed by atoms with Crippen molar-refractivity contribution in [2.75, 3.05) is 42.6 Å². The van der Waals surface area contributed by atoms with Gasteiger partial charge < -0.3 is 29.3 Å². The molecule has 0 aliphatic carbocycles. The number of anilines is 2. The number of nitrogens with zero attached hydrogens (tertiary/aromatic N) is 3. The van der Waals surface area contributed by atoms with Gasteiger partial charge in [-0.2, -0.15) is 0 Å². The number of hydrogen-bond donors (Lipinski definition) is 1. The maximum absolute atomic E-state index is 14.8. The normalized spacial score (nSPS) is 26.1. The number of carbonyl (C=O) groups is 3. The largest absolute Gasteiger partial charge is 0.494 e. The summed E-state index contributed by atoms with van der Waals surface area (Å²) in [6.45, 7) is 12.8. The van der Waals surface area contributed by atoms with Crippen molar-refractivity contribution in [3.05, 3.63) is 78.9 Å². The van der Waals surface area contributed by atoms with E-state index in [0.717, 1.165) is 0 Å². The van der Waals surface area contributed by atoms with Crippen LogP contribution in [0.15, 0.2) is 73.8 Å². The van der Waals surface area contributed by atoms with E-state index in [1.807, 2.05) is 38.1 Å². The van der Waals surface area contributed by atoms with Gasteiger partial charge in [0.2, 0.25) is 11.8 Å². The van der Waals surface area contributed by atoms with Crippen LogP contribution in [-0.4, -0.2) is 77.8 Å². The van der Waals surface area contributed by atoms with Gasteiger partial charge in [0.1, 0.15) is 17.4 Å². The van der Waals surface area contributed by atoms with Crippen molar-refractivity contribution in [1.82, 2.24) is 4.90 Å². The average Bonchev–Trinajstić information content (AvgIpc) is 3.66. The first kappa shape index (κ1) is 33.7. The van der Waals surface area contributed by atoms with Gasteiger partial charge in [0, 0.05) is 31.9 Å². The van der Waals surface area contributed by atoms with Crippen molar-refractivity contribution in [2.45, 2.75) is 63.2 Å². The van der Waals surface area contributed by atoms with Gasteiger partial charge in [0.15, 0.2) is 0 Å². The molecule has 2 aromatic carbocycles. The zero-order chi connectivity index (χ0) is 33.1. The number of benzene rings is 2. The lowest BCUT2D eigenvalue weighted by molar-refractivity contribution is -0.146. The summed E-state index contributed by atoms with van der Waals surface area (Å²) in [6.07, 6.45) is 5.76. The summed E-state index contributed by atoms with van der Waals surface area (Å²) >= 11 is 6.59. The molecule has 10 heteroatoms. The molecule has 3 aliphatic rings. The number of unbranched alkanes of at least 4 members (excludes halogenated alkanes) is 1. The van der Waals surface area contributed by atoms with Crippen molar-refractivity contribution in [1.29, 1.82) is 0 Å². The van der Waals surface area contributed by atoms with E-state index in [-0.39, 0.29) is 44.0 Å². The minimum Gasteiger partial charge on any atom is -0.494 e. The Hall–Kier alpha value is -3.66.